The van der Waals surface area contributed by atoms with E-state index in [0.29, 0.717) is 0 Å². The summed E-state index contributed by atoms with van der Waals surface area (Å²) >= 11 is 0. The van der Waals surface area contributed by atoms with Crippen LogP contribution in [-0.2, 0) is 4.74 Å². The molecule has 0 saturated carbocycles. The van der Waals surface area contributed by atoms with Crippen LogP contribution in [0.5, 0.6) is 0 Å². The molecule has 1 aliphatic rings. The van der Waals surface area contributed by atoms with Crippen LogP contribution in [0.25, 0.3) is 0 Å². The SMILES string of the molecule is CNCCCN1CCOC(CO)C1. The summed E-state index contributed by atoms with van der Waals surface area (Å²) in [6.45, 7) is 4.93. The van der Waals surface area contributed by atoms with Crippen LogP contribution < -0.4 is 5.32 Å². The summed E-state index contributed by atoms with van der Waals surface area (Å²) in [5.41, 5.74) is 0. The number of nitrogens with one attached hydrogen (secondary N) is 1. The summed E-state index contributed by atoms with van der Waals surface area (Å²) in [5, 5.41) is 12.0. The first-order valence-electron chi connectivity index (χ1n) is 4.96. The zero-order chi connectivity index (χ0) is 9.52. The number of morpholine rings is 1. The molecule has 1 rings (SSSR count). The summed E-state index contributed by atoms with van der Waals surface area (Å²) in [4.78, 5) is 2.35. The molecule has 0 aromatic rings. The maximum Gasteiger partial charge on any atom is 0.0932 e. The van der Waals surface area contributed by atoms with Crippen molar-refractivity contribution in [1.82, 2.24) is 10.2 Å². The Kier molecular flexibility index (Phi) is 5.31. The van der Waals surface area contributed by atoms with Crippen LogP contribution in [0.1, 0.15) is 6.42 Å². The molecule has 1 aliphatic heterocycles. The summed E-state index contributed by atoms with van der Waals surface area (Å²) in [7, 11) is 1.97. The molecule has 1 unspecified atom stereocenters. The van der Waals surface area contributed by atoms with Crippen LogP contribution in [0.2, 0.25) is 0 Å². The fourth-order valence-electron chi connectivity index (χ4n) is 1.57. The number of ether oxygens (including phenoxy) is 1. The van der Waals surface area contributed by atoms with Gasteiger partial charge in [0.15, 0.2) is 0 Å². The van der Waals surface area contributed by atoms with Crippen LogP contribution >= 0.6 is 0 Å². The van der Waals surface area contributed by atoms with Gasteiger partial charge in [0.25, 0.3) is 0 Å². The van der Waals surface area contributed by atoms with Gasteiger partial charge in [-0.25, -0.2) is 0 Å². The van der Waals surface area contributed by atoms with E-state index in [1.807, 2.05) is 7.05 Å². The van der Waals surface area contributed by atoms with Gasteiger partial charge < -0.3 is 15.2 Å². The first kappa shape index (κ1) is 10.9. The van der Waals surface area contributed by atoms with E-state index in [1.165, 1.54) is 0 Å². The lowest BCUT2D eigenvalue weighted by atomic mass is 10.2. The van der Waals surface area contributed by atoms with Gasteiger partial charge in [0.2, 0.25) is 0 Å². The second-order valence-electron chi connectivity index (χ2n) is 3.43. The zero-order valence-electron chi connectivity index (χ0n) is 8.33. The van der Waals surface area contributed by atoms with Gasteiger partial charge in [-0.05, 0) is 26.6 Å². The number of aliphatic hydroxyl groups excluding tert-OH is 1. The Morgan fingerprint density at radius 1 is 1.62 bits per heavy atom. The van der Waals surface area contributed by atoms with E-state index in [-0.39, 0.29) is 12.7 Å². The maximum absolute atomic E-state index is 8.92. The fraction of sp³-hybridized carbons (Fsp3) is 1.00. The Bertz CT molecular complexity index is 133. The topological polar surface area (TPSA) is 44.7 Å². The van der Waals surface area contributed by atoms with E-state index in [9.17, 15) is 0 Å². The summed E-state index contributed by atoms with van der Waals surface area (Å²) in [6.07, 6.45) is 1.19. The fourth-order valence-corrected chi connectivity index (χ4v) is 1.57. The Balaban J connectivity index is 2.11. The molecular weight excluding hydrogens is 168 g/mol. The van der Waals surface area contributed by atoms with Gasteiger partial charge in [0.1, 0.15) is 0 Å². The maximum atomic E-state index is 8.92. The van der Waals surface area contributed by atoms with Crippen LogP contribution in [0.4, 0.5) is 0 Å². The molecule has 2 N–H and O–H groups in total. The summed E-state index contributed by atoms with van der Waals surface area (Å²) < 4.78 is 5.36. The zero-order valence-corrected chi connectivity index (χ0v) is 8.33. The normalized spacial score (nSPS) is 24.9. The number of aliphatic hydroxyl groups is 1. The van der Waals surface area contributed by atoms with Gasteiger partial charge in [0.05, 0.1) is 19.3 Å². The first-order valence-corrected chi connectivity index (χ1v) is 4.96. The molecule has 0 aliphatic carbocycles. The molecule has 0 radical (unpaired) electrons. The third kappa shape index (κ3) is 4.04. The van der Waals surface area contributed by atoms with Crippen molar-refractivity contribution in [1.29, 1.82) is 0 Å². The van der Waals surface area contributed by atoms with Crippen molar-refractivity contribution >= 4 is 0 Å². The van der Waals surface area contributed by atoms with E-state index in [4.69, 9.17) is 9.84 Å². The van der Waals surface area contributed by atoms with Gasteiger partial charge in [-0.2, -0.15) is 0 Å². The Labute approximate surface area is 79.9 Å². The average molecular weight is 188 g/mol. The predicted octanol–water partition coefficient (Wildman–Crippen LogP) is -0.711. The molecule has 1 heterocycles. The number of rotatable bonds is 5. The largest absolute Gasteiger partial charge is 0.394 e. The Hall–Kier alpha value is -0.160. The third-order valence-electron chi connectivity index (χ3n) is 2.33. The molecular formula is C9H20N2O2. The van der Waals surface area contributed by atoms with Crippen molar-refractivity contribution in [3.05, 3.63) is 0 Å². The van der Waals surface area contributed by atoms with Crippen molar-refractivity contribution in [2.24, 2.45) is 0 Å². The van der Waals surface area contributed by atoms with Gasteiger partial charge >= 0.3 is 0 Å². The van der Waals surface area contributed by atoms with E-state index in [1.54, 1.807) is 0 Å². The third-order valence-corrected chi connectivity index (χ3v) is 2.33. The lowest BCUT2D eigenvalue weighted by Gasteiger charge is -2.31. The molecule has 1 saturated heterocycles. The predicted molar refractivity (Wildman–Crippen MR) is 51.8 cm³/mol. The molecule has 4 nitrogen and oxygen atoms in total. The van der Waals surface area contributed by atoms with E-state index in [2.05, 4.69) is 10.2 Å². The second kappa shape index (κ2) is 6.32. The van der Waals surface area contributed by atoms with Crippen LogP contribution in [0, 0.1) is 0 Å². The number of nitrogens with zero attached hydrogens (tertiary/aromatic N) is 1. The smallest absolute Gasteiger partial charge is 0.0932 e. The van der Waals surface area contributed by atoms with Crippen LogP contribution in [0.15, 0.2) is 0 Å². The van der Waals surface area contributed by atoms with Crippen molar-refractivity contribution in [3.63, 3.8) is 0 Å². The summed E-state index contributed by atoms with van der Waals surface area (Å²) in [5.74, 6) is 0. The van der Waals surface area contributed by atoms with E-state index in [0.717, 1.165) is 39.2 Å². The van der Waals surface area contributed by atoms with Crippen LogP contribution in [0.3, 0.4) is 0 Å². The molecule has 0 amide bonds. The molecule has 78 valence electrons. The highest BCUT2D eigenvalue weighted by molar-refractivity contribution is 4.70. The summed E-state index contributed by atoms with van der Waals surface area (Å²) in [6, 6.07) is 0. The van der Waals surface area contributed by atoms with Crippen molar-refractivity contribution < 1.29 is 9.84 Å². The Morgan fingerprint density at radius 2 is 2.46 bits per heavy atom. The molecule has 0 aromatic carbocycles. The highest BCUT2D eigenvalue weighted by Crippen LogP contribution is 2.04. The van der Waals surface area contributed by atoms with E-state index < -0.39 is 0 Å². The second-order valence-corrected chi connectivity index (χ2v) is 3.43. The molecule has 0 bridgehead atoms. The number of hydrogen-bond acceptors (Lipinski definition) is 4. The molecule has 13 heavy (non-hydrogen) atoms. The van der Waals surface area contributed by atoms with Crippen molar-refractivity contribution in [2.75, 3.05) is 46.4 Å². The van der Waals surface area contributed by atoms with Crippen molar-refractivity contribution in [2.45, 2.75) is 12.5 Å². The van der Waals surface area contributed by atoms with Gasteiger partial charge in [-0.3, -0.25) is 4.90 Å². The molecule has 0 aromatic heterocycles. The van der Waals surface area contributed by atoms with Crippen molar-refractivity contribution in [3.8, 4) is 0 Å². The minimum Gasteiger partial charge on any atom is -0.394 e. The minimum absolute atomic E-state index is 0.0309. The molecule has 1 atom stereocenters. The van der Waals surface area contributed by atoms with Gasteiger partial charge in [0, 0.05) is 13.1 Å². The lowest BCUT2D eigenvalue weighted by molar-refractivity contribution is -0.0527. The Morgan fingerprint density at radius 3 is 3.15 bits per heavy atom. The molecule has 4 heteroatoms. The minimum atomic E-state index is 0.0309. The molecule has 1 fully saturated rings. The lowest BCUT2D eigenvalue weighted by Crippen LogP contribution is -2.44. The van der Waals surface area contributed by atoms with Gasteiger partial charge in [-0.1, -0.05) is 0 Å². The highest BCUT2D eigenvalue weighted by Gasteiger charge is 2.18. The molecule has 0 spiro atoms. The van der Waals surface area contributed by atoms with Crippen LogP contribution in [-0.4, -0.2) is 62.6 Å². The highest BCUT2D eigenvalue weighted by atomic mass is 16.5. The monoisotopic (exact) mass is 188 g/mol. The first-order chi connectivity index (χ1) is 6.36. The average Bonchev–Trinajstić information content (AvgIpc) is 2.19. The quantitative estimate of drug-likeness (QED) is 0.559. The number of hydrogen-bond donors (Lipinski definition) is 2. The van der Waals surface area contributed by atoms with Gasteiger partial charge in [-0.15, -0.1) is 0 Å². The standard InChI is InChI=1S/C9H20N2O2/c1-10-3-2-4-11-5-6-13-9(7-11)8-12/h9-10,12H,2-8H2,1H3. The van der Waals surface area contributed by atoms with E-state index >= 15 is 0 Å².